The number of urea groups is 1. The Bertz CT molecular complexity index is 388. The summed E-state index contributed by atoms with van der Waals surface area (Å²) < 4.78 is 0. The van der Waals surface area contributed by atoms with E-state index in [2.05, 4.69) is 13.2 Å². The van der Waals surface area contributed by atoms with Gasteiger partial charge in [0.05, 0.1) is 5.41 Å². The lowest BCUT2D eigenvalue weighted by atomic mass is 9.75. The summed E-state index contributed by atoms with van der Waals surface area (Å²) in [5, 5.41) is 9.48. The minimum Gasteiger partial charge on any atom is -0.481 e. The van der Waals surface area contributed by atoms with Crippen molar-refractivity contribution in [2.75, 3.05) is 26.2 Å². The number of amides is 2. The zero-order chi connectivity index (χ0) is 15.9. The van der Waals surface area contributed by atoms with E-state index in [4.69, 9.17) is 0 Å². The summed E-state index contributed by atoms with van der Waals surface area (Å²) in [5.41, 5.74) is -0.659. The molecule has 1 aliphatic heterocycles. The van der Waals surface area contributed by atoms with E-state index in [1.807, 2.05) is 6.92 Å². The van der Waals surface area contributed by atoms with Crippen molar-refractivity contribution in [2.45, 2.75) is 32.6 Å². The molecule has 21 heavy (non-hydrogen) atoms. The van der Waals surface area contributed by atoms with E-state index in [0.29, 0.717) is 45.4 Å². The molecule has 0 unspecified atom stereocenters. The van der Waals surface area contributed by atoms with Crippen LogP contribution in [-0.4, -0.2) is 53.1 Å². The average molecular weight is 294 g/mol. The SMILES string of the molecule is C=CCN(CC=C)C(=O)N1CCC(CCC)(C(=O)O)CC1. The second kappa shape index (κ2) is 7.86. The highest BCUT2D eigenvalue weighted by Gasteiger charge is 2.41. The van der Waals surface area contributed by atoms with Gasteiger partial charge in [-0.15, -0.1) is 13.2 Å². The predicted octanol–water partition coefficient (Wildman–Crippen LogP) is 2.75. The van der Waals surface area contributed by atoms with Crippen LogP contribution in [0.4, 0.5) is 4.79 Å². The lowest BCUT2D eigenvalue weighted by Gasteiger charge is -2.40. The fourth-order valence-corrected chi connectivity index (χ4v) is 2.92. The van der Waals surface area contributed by atoms with Crippen LogP contribution in [0.15, 0.2) is 25.3 Å². The first kappa shape index (κ1) is 17.3. The first-order chi connectivity index (χ1) is 10.0. The molecule has 1 fully saturated rings. The summed E-state index contributed by atoms with van der Waals surface area (Å²) in [4.78, 5) is 27.4. The maximum Gasteiger partial charge on any atom is 0.320 e. The van der Waals surface area contributed by atoms with Crippen LogP contribution in [-0.2, 0) is 4.79 Å². The van der Waals surface area contributed by atoms with Crippen LogP contribution in [0.1, 0.15) is 32.6 Å². The monoisotopic (exact) mass is 294 g/mol. The van der Waals surface area contributed by atoms with Crippen LogP contribution in [0.25, 0.3) is 0 Å². The van der Waals surface area contributed by atoms with Gasteiger partial charge in [0.25, 0.3) is 0 Å². The van der Waals surface area contributed by atoms with E-state index in [1.165, 1.54) is 0 Å². The van der Waals surface area contributed by atoms with Crippen molar-refractivity contribution in [1.29, 1.82) is 0 Å². The molecule has 5 nitrogen and oxygen atoms in total. The summed E-state index contributed by atoms with van der Waals surface area (Å²) in [5.74, 6) is -0.731. The van der Waals surface area contributed by atoms with Gasteiger partial charge in [0.2, 0.25) is 0 Å². The number of hydrogen-bond donors (Lipinski definition) is 1. The lowest BCUT2D eigenvalue weighted by Crippen LogP contribution is -2.50. The molecule has 0 aromatic heterocycles. The van der Waals surface area contributed by atoms with Gasteiger partial charge in [0, 0.05) is 26.2 Å². The van der Waals surface area contributed by atoms with Crippen LogP contribution >= 0.6 is 0 Å². The number of piperidine rings is 1. The molecule has 118 valence electrons. The Morgan fingerprint density at radius 3 is 2.14 bits per heavy atom. The van der Waals surface area contributed by atoms with Gasteiger partial charge in [0.1, 0.15) is 0 Å². The number of hydrogen-bond acceptors (Lipinski definition) is 2. The quantitative estimate of drug-likeness (QED) is 0.734. The maximum absolute atomic E-state index is 12.4. The maximum atomic E-state index is 12.4. The summed E-state index contributed by atoms with van der Waals surface area (Å²) in [6.45, 7) is 11.2. The molecule has 0 bridgehead atoms. The number of carbonyl (C=O) groups excluding carboxylic acids is 1. The molecular formula is C16H26N2O3. The van der Waals surface area contributed by atoms with Crippen molar-refractivity contribution in [2.24, 2.45) is 5.41 Å². The highest BCUT2D eigenvalue weighted by molar-refractivity contribution is 5.77. The van der Waals surface area contributed by atoms with Gasteiger partial charge in [-0.25, -0.2) is 4.79 Å². The zero-order valence-electron chi connectivity index (χ0n) is 12.9. The first-order valence-corrected chi connectivity index (χ1v) is 7.49. The van der Waals surface area contributed by atoms with Crippen LogP contribution in [0.5, 0.6) is 0 Å². The number of carbonyl (C=O) groups is 2. The second-order valence-corrected chi connectivity index (χ2v) is 5.59. The Hall–Kier alpha value is -1.78. The normalized spacial score (nSPS) is 17.1. The van der Waals surface area contributed by atoms with Crippen molar-refractivity contribution >= 4 is 12.0 Å². The van der Waals surface area contributed by atoms with Crippen molar-refractivity contribution in [3.05, 3.63) is 25.3 Å². The molecule has 0 spiro atoms. The fourth-order valence-electron chi connectivity index (χ4n) is 2.92. The molecule has 1 N–H and O–H groups in total. The predicted molar refractivity (Wildman–Crippen MR) is 83.1 cm³/mol. The van der Waals surface area contributed by atoms with E-state index in [9.17, 15) is 14.7 Å². The molecule has 0 aliphatic carbocycles. The molecule has 1 rings (SSSR count). The Labute approximate surface area is 126 Å². The van der Waals surface area contributed by atoms with Gasteiger partial charge in [0.15, 0.2) is 0 Å². The number of rotatable bonds is 7. The smallest absolute Gasteiger partial charge is 0.320 e. The third kappa shape index (κ3) is 4.09. The Kier molecular flexibility index (Phi) is 6.46. The molecule has 1 heterocycles. The van der Waals surface area contributed by atoms with Crippen LogP contribution in [0, 0.1) is 5.41 Å². The minimum absolute atomic E-state index is 0.0645. The fraction of sp³-hybridized carbons (Fsp3) is 0.625. The van der Waals surface area contributed by atoms with E-state index < -0.39 is 11.4 Å². The number of nitrogens with zero attached hydrogens (tertiary/aromatic N) is 2. The van der Waals surface area contributed by atoms with Gasteiger partial charge >= 0.3 is 12.0 Å². The van der Waals surface area contributed by atoms with Crippen molar-refractivity contribution in [3.8, 4) is 0 Å². The van der Waals surface area contributed by atoms with Crippen molar-refractivity contribution < 1.29 is 14.7 Å². The summed E-state index contributed by atoms with van der Waals surface area (Å²) in [7, 11) is 0. The Morgan fingerprint density at radius 1 is 1.24 bits per heavy atom. The third-order valence-electron chi connectivity index (χ3n) is 4.14. The van der Waals surface area contributed by atoms with Gasteiger partial charge in [-0.3, -0.25) is 4.79 Å². The molecule has 0 saturated carbocycles. The van der Waals surface area contributed by atoms with E-state index in [1.54, 1.807) is 22.0 Å². The van der Waals surface area contributed by atoms with Crippen LogP contribution in [0.2, 0.25) is 0 Å². The molecule has 2 amide bonds. The molecular weight excluding hydrogens is 268 g/mol. The number of likely N-dealkylation sites (tertiary alicyclic amines) is 1. The van der Waals surface area contributed by atoms with Crippen molar-refractivity contribution in [3.63, 3.8) is 0 Å². The average Bonchev–Trinajstić information content (AvgIpc) is 2.47. The number of aliphatic carboxylic acids is 1. The highest BCUT2D eigenvalue weighted by atomic mass is 16.4. The topological polar surface area (TPSA) is 60.9 Å². The van der Waals surface area contributed by atoms with Gasteiger partial charge in [-0.2, -0.15) is 0 Å². The summed E-state index contributed by atoms with van der Waals surface area (Å²) in [6.07, 6.45) is 5.94. The van der Waals surface area contributed by atoms with Gasteiger partial charge < -0.3 is 14.9 Å². The van der Waals surface area contributed by atoms with E-state index in [-0.39, 0.29) is 6.03 Å². The molecule has 1 saturated heterocycles. The molecule has 0 aromatic rings. The first-order valence-electron chi connectivity index (χ1n) is 7.49. The Morgan fingerprint density at radius 2 is 1.76 bits per heavy atom. The third-order valence-corrected chi connectivity index (χ3v) is 4.14. The Balaban J connectivity index is 2.69. The standard InChI is InChI=1S/C16H26N2O3/c1-4-7-16(14(19)20)8-12-18(13-9-16)15(21)17(10-5-2)11-6-3/h5-6H,2-4,7-13H2,1H3,(H,19,20). The number of carboxylic acids is 1. The van der Waals surface area contributed by atoms with Crippen LogP contribution < -0.4 is 0 Å². The largest absolute Gasteiger partial charge is 0.481 e. The van der Waals surface area contributed by atoms with E-state index >= 15 is 0 Å². The lowest BCUT2D eigenvalue weighted by molar-refractivity contribution is -0.152. The van der Waals surface area contributed by atoms with E-state index in [0.717, 1.165) is 6.42 Å². The molecule has 1 aliphatic rings. The summed E-state index contributed by atoms with van der Waals surface area (Å²) >= 11 is 0. The van der Waals surface area contributed by atoms with Crippen molar-refractivity contribution in [1.82, 2.24) is 9.80 Å². The second-order valence-electron chi connectivity index (χ2n) is 5.59. The molecule has 0 atom stereocenters. The number of carboxylic acid groups (broad SMARTS) is 1. The molecule has 0 aromatic carbocycles. The highest BCUT2D eigenvalue weighted by Crippen LogP contribution is 2.36. The summed E-state index contributed by atoms with van der Waals surface area (Å²) in [6, 6.07) is -0.0645. The molecule has 5 heteroatoms. The van der Waals surface area contributed by atoms with Gasteiger partial charge in [-0.05, 0) is 19.3 Å². The molecule has 0 radical (unpaired) electrons. The minimum atomic E-state index is -0.731. The zero-order valence-corrected chi connectivity index (χ0v) is 12.9. The van der Waals surface area contributed by atoms with Crippen LogP contribution in [0.3, 0.4) is 0 Å². The van der Waals surface area contributed by atoms with Gasteiger partial charge in [-0.1, -0.05) is 25.5 Å².